The number of hydrogen-bond acceptors (Lipinski definition) is 5. The second-order valence-corrected chi connectivity index (χ2v) is 8.49. The first-order chi connectivity index (χ1) is 14.1. The zero-order chi connectivity index (χ0) is 20.2. The number of H-pyrrole nitrogens is 1. The van der Waals surface area contributed by atoms with E-state index in [0.29, 0.717) is 11.8 Å². The molecule has 1 aromatic heterocycles. The van der Waals surface area contributed by atoms with E-state index in [4.69, 9.17) is 10.5 Å². The summed E-state index contributed by atoms with van der Waals surface area (Å²) in [6.45, 7) is 3.14. The maximum Gasteiger partial charge on any atom is 0.411 e. The van der Waals surface area contributed by atoms with E-state index in [1.54, 1.807) is 11.8 Å². The summed E-state index contributed by atoms with van der Waals surface area (Å²) in [4.78, 5) is 18.9. The fourth-order valence-electron chi connectivity index (χ4n) is 3.75. The van der Waals surface area contributed by atoms with Crippen molar-refractivity contribution < 1.29 is 14.6 Å². The van der Waals surface area contributed by atoms with E-state index in [-0.39, 0.29) is 6.61 Å². The number of aromatic nitrogens is 1. The van der Waals surface area contributed by atoms with Crippen molar-refractivity contribution in [2.24, 2.45) is 11.7 Å². The number of nitrogens with zero attached hydrogens (tertiary/aromatic N) is 1. The summed E-state index contributed by atoms with van der Waals surface area (Å²) in [5, 5.41) is 10.3. The largest absolute Gasteiger partial charge is 0.411 e. The maximum atomic E-state index is 11.4. The van der Waals surface area contributed by atoms with Crippen LogP contribution in [0.25, 0.3) is 10.9 Å². The number of aliphatic hydroxyl groups is 1. The Kier molecular flexibility index (Phi) is 6.08. The van der Waals surface area contributed by atoms with E-state index in [2.05, 4.69) is 22.0 Å². The van der Waals surface area contributed by atoms with Crippen molar-refractivity contribution >= 4 is 28.8 Å². The molecule has 0 spiro atoms. The van der Waals surface area contributed by atoms with Crippen molar-refractivity contribution in [3.05, 3.63) is 54.1 Å². The second-order valence-electron chi connectivity index (χ2n) is 7.40. The SMILES string of the molecule is NC(=O)Oc1[nH]c2ccc(CN3CCC(CO)CC3)cc2c1Sc1ccccc1. The fraction of sp³-hybridized carbons (Fsp3) is 0.318. The van der Waals surface area contributed by atoms with Gasteiger partial charge >= 0.3 is 6.09 Å². The second kappa shape index (κ2) is 8.90. The van der Waals surface area contributed by atoms with Crippen LogP contribution >= 0.6 is 11.8 Å². The van der Waals surface area contributed by atoms with E-state index in [1.807, 2.05) is 36.4 Å². The minimum absolute atomic E-state index is 0.284. The van der Waals surface area contributed by atoms with Crippen LogP contribution in [0.2, 0.25) is 0 Å². The van der Waals surface area contributed by atoms with Crippen molar-refractivity contribution in [3.63, 3.8) is 0 Å². The van der Waals surface area contributed by atoms with Gasteiger partial charge < -0.3 is 20.6 Å². The van der Waals surface area contributed by atoms with Gasteiger partial charge in [-0.15, -0.1) is 0 Å². The predicted molar refractivity (Wildman–Crippen MR) is 114 cm³/mol. The zero-order valence-electron chi connectivity index (χ0n) is 16.1. The number of benzene rings is 2. The number of rotatable bonds is 6. The minimum Gasteiger partial charge on any atom is -0.396 e. The van der Waals surface area contributed by atoms with Crippen LogP contribution in [-0.2, 0) is 6.54 Å². The first-order valence-corrected chi connectivity index (χ1v) is 10.6. The lowest BCUT2D eigenvalue weighted by Gasteiger charge is -2.31. The Morgan fingerprint density at radius 2 is 1.97 bits per heavy atom. The van der Waals surface area contributed by atoms with Crippen molar-refractivity contribution in [2.45, 2.75) is 29.2 Å². The van der Waals surface area contributed by atoms with Gasteiger partial charge in [0.2, 0.25) is 5.88 Å². The van der Waals surface area contributed by atoms with Crippen molar-refractivity contribution in [1.29, 1.82) is 0 Å². The van der Waals surface area contributed by atoms with E-state index >= 15 is 0 Å². The van der Waals surface area contributed by atoms with E-state index in [9.17, 15) is 9.90 Å². The summed E-state index contributed by atoms with van der Waals surface area (Å²) < 4.78 is 5.24. The fourth-order valence-corrected chi connectivity index (χ4v) is 4.75. The number of primary amides is 1. The lowest BCUT2D eigenvalue weighted by Crippen LogP contribution is -2.34. The molecule has 7 heteroatoms. The van der Waals surface area contributed by atoms with Gasteiger partial charge in [0.1, 0.15) is 0 Å². The number of aliphatic hydroxyl groups excluding tert-OH is 1. The number of carbonyl (C=O) groups is 1. The average molecular weight is 412 g/mol. The summed E-state index contributed by atoms with van der Waals surface area (Å²) in [5.41, 5.74) is 7.38. The zero-order valence-corrected chi connectivity index (χ0v) is 17.0. The van der Waals surface area contributed by atoms with Crippen LogP contribution < -0.4 is 10.5 Å². The highest BCUT2D eigenvalue weighted by Crippen LogP contribution is 2.41. The molecule has 0 saturated carbocycles. The molecular weight excluding hydrogens is 386 g/mol. The normalized spacial score (nSPS) is 15.6. The van der Waals surface area contributed by atoms with E-state index in [0.717, 1.165) is 53.2 Å². The topological polar surface area (TPSA) is 91.6 Å². The molecule has 1 aliphatic rings. The first-order valence-electron chi connectivity index (χ1n) is 9.80. The molecule has 2 aromatic carbocycles. The average Bonchev–Trinajstić information content (AvgIpc) is 3.05. The molecule has 0 atom stereocenters. The lowest BCUT2D eigenvalue weighted by atomic mass is 9.97. The molecule has 3 aromatic rings. The standard InChI is InChI=1S/C22H25N3O3S/c23-22(27)28-21-20(29-17-4-2-1-3-5-17)18-12-16(6-7-19(18)24-21)13-25-10-8-15(14-26)9-11-25/h1-7,12,15,24,26H,8-11,13-14H2,(H2,23,27). The Labute approximate surface area is 174 Å². The molecule has 0 radical (unpaired) electrons. The summed E-state index contributed by atoms with van der Waals surface area (Å²) in [6, 6.07) is 16.2. The van der Waals surface area contributed by atoms with Crippen LogP contribution in [0.1, 0.15) is 18.4 Å². The molecule has 2 heterocycles. The van der Waals surface area contributed by atoms with Gasteiger partial charge in [0.05, 0.1) is 4.90 Å². The number of amides is 1. The molecule has 4 rings (SSSR count). The Hall–Kier alpha value is -2.48. The highest BCUT2D eigenvalue weighted by molar-refractivity contribution is 7.99. The number of likely N-dealkylation sites (tertiary alicyclic amines) is 1. The van der Waals surface area contributed by atoms with Gasteiger partial charge in [0, 0.05) is 29.0 Å². The van der Waals surface area contributed by atoms with Crippen LogP contribution in [0.15, 0.2) is 58.3 Å². The van der Waals surface area contributed by atoms with Gasteiger partial charge in [-0.2, -0.15) is 0 Å². The molecule has 29 heavy (non-hydrogen) atoms. The quantitative estimate of drug-likeness (QED) is 0.571. The molecule has 0 unspecified atom stereocenters. The van der Waals surface area contributed by atoms with Gasteiger partial charge in [0.15, 0.2) is 0 Å². The van der Waals surface area contributed by atoms with Gasteiger partial charge in [-0.25, -0.2) is 4.79 Å². The van der Waals surface area contributed by atoms with Crippen LogP contribution in [0.5, 0.6) is 5.88 Å². The summed E-state index contributed by atoms with van der Waals surface area (Å²) in [7, 11) is 0. The lowest BCUT2D eigenvalue weighted by molar-refractivity contribution is 0.127. The predicted octanol–water partition coefficient (Wildman–Crippen LogP) is 3.98. The Bertz CT molecular complexity index is 982. The number of nitrogens with two attached hydrogens (primary N) is 1. The number of ether oxygens (including phenoxy) is 1. The van der Waals surface area contributed by atoms with Gasteiger partial charge in [-0.05, 0) is 61.7 Å². The number of carbonyl (C=O) groups excluding carboxylic acids is 1. The van der Waals surface area contributed by atoms with E-state index in [1.165, 1.54) is 5.56 Å². The Balaban J connectivity index is 1.62. The third-order valence-corrected chi connectivity index (χ3v) is 6.44. The van der Waals surface area contributed by atoms with Gasteiger partial charge in [-0.3, -0.25) is 4.90 Å². The third kappa shape index (κ3) is 4.75. The highest BCUT2D eigenvalue weighted by atomic mass is 32.2. The van der Waals surface area contributed by atoms with Crippen LogP contribution in [0, 0.1) is 5.92 Å². The summed E-state index contributed by atoms with van der Waals surface area (Å²) >= 11 is 1.54. The highest BCUT2D eigenvalue weighted by Gasteiger charge is 2.20. The molecule has 0 aliphatic carbocycles. The van der Waals surface area contributed by atoms with Crippen LogP contribution in [-0.4, -0.2) is 40.8 Å². The third-order valence-electron chi connectivity index (χ3n) is 5.32. The molecule has 1 aliphatic heterocycles. The smallest absolute Gasteiger partial charge is 0.396 e. The number of aromatic amines is 1. The molecular formula is C22H25N3O3S. The molecule has 0 bridgehead atoms. The van der Waals surface area contributed by atoms with Gasteiger partial charge in [-0.1, -0.05) is 36.0 Å². The molecule has 6 nitrogen and oxygen atoms in total. The number of hydrogen-bond donors (Lipinski definition) is 3. The number of piperidine rings is 1. The van der Waals surface area contributed by atoms with Crippen molar-refractivity contribution in [1.82, 2.24) is 9.88 Å². The minimum atomic E-state index is -0.835. The monoisotopic (exact) mass is 411 g/mol. The van der Waals surface area contributed by atoms with Crippen LogP contribution in [0.3, 0.4) is 0 Å². The first kappa shape index (κ1) is 19.8. The summed E-state index contributed by atoms with van der Waals surface area (Å²) in [5.74, 6) is 0.808. The van der Waals surface area contributed by atoms with Crippen LogP contribution in [0.4, 0.5) is 4.79 Å². The molecule has 1 amide bonds. The van der Waals surface area contributed by atoms with E-state index < -0.39 is 6.09 Å². The molecule has 4 N–H and O–H groups in total. The number of nitrogens with one attached hydrogen (secondary N) is 1. The Morgan fingerprint density at radius 3 is 2.66 bits per heavy atom. The van der Waals surface area contributed by atoms with Crippen molar-refractivity contribution in [2.75, 3.05) is 19.7 Å². The molecule has 1 fully saturated rings. The van der Waals surface area contributed by atoms with Crippen molar-refractivity contribution in [3.8, 4) is 5.88 Å². The molecule has 152 valence electrons. The number of fused-ring (bicyclic) bond motifs is 1. The summed E-state index contributed by atoms with van der Waals surface area (Å²) in [6.07, 6.45) is 1.24. The van der Waals surface area contributed by atoms with Gasteiger partial charge in [0.25, 0.3) is 0 Å². The molecule has 1 saturated heterocycles. The maximum absolute atomic E-state index is 11.4. The Morgan fingerprint density at radius 1 is 1.21 bits per heavy atom.